The highest BCUT2D eigenvalue weighted by Crippen LogP contribution is 2.22. The molecule has 0 saturated carbocycles. The van der Waals surface area contributed by atoms with Gasteiger partial charge < -0.3 is 0 Å². The molecular weight excluding hydrogens is 272 g/mol. The Morgan fingerprint density at radius 3 is 2.16 bits per heavy atom. The second-order valence-electron chi connectivity index (χ2n) is 3.95. The number of imide groups is 1. The summed E-state index contributed by atoms with van der Waals surface area (Å²) >= 11 is 0. The minimum Gasteiger partial charge on any atom is -0.266 e. The quantitative estimate of drug-likeness (QED) is 0.595. The second kappa shape index (κ2) is 5.08. The number of nitrogens with one attached hydrogen (secondary N) is 1. The third-order valence-corrected chi connectivity index (χ3v) is 3.17. The van der Waals surface area contributed by atoms with E-state index in [1.165, 1.54) is 12.1 Å². The van der Waals surface area contributed by atoms with Gasteiger partial charge in [-0.1, -0.05) is 12.1 Å². The summed E-state index contributed by atoms with van der Waals surface area (Å²) in [5.74, 6) is -1.08. The van der Waals surface area contributed by atoms with E-state index in [0.717, 1.165) is 6.26 Å². The lowest BCUT2D eigenvalue weighted by atomic mass is 10.1. The zero-order valence-corrected chi connectivity index (χ0v) is 10.9. The fourth-order valence-electron chi connectivity index (χ4n) is 1.65. The van der Waals surface area contributed by atoms with E-state index < -0.39 is 21.8 Å². The van der Waals surface area contributed by atoms with Crippen LogP contribution in [0.2, 0.25) is 0 Å². The van der Waals surface area contributed by atoms with E-state index >= 15 is 0 Å². The van der Waals surface area contributed by atoms with Gasteiger partial charge in [-0.05, 0) is 12.1 Å². The lowest BCUT2D eigenvalue weighted by Crippen LogP contribution is -2.34. The van der Waals surface area contributed by atoms with Crippen LogP contribution in [0.15, 0.2) is 24.3 Å². The summed E-state index contributed by atoms with van der Waals surface area (Å²) in [6.07, 6.45) is 1.01. The predicted molar refractivity (Wildman–Crippen MR) is 65.7 cm³/mol. The van der Waals surface area contributed by atoms with Crippen molar-refractivity contribution in [3.8, 4) is 0 Å². The lowest BCUT2D eigenvalue weighted by Gasteiger charge is -2.13. The first-order valence-corrected chi connectivity index (χ1v) is 7.34. The molecule has 0 fully saturated rings. The Hall–Kier alpha value is -1.77. The van der Waals surface area contributed by atoms with Crippen LogP contribution >= 0.6 is 0 Å². The van der Waals surface area contributed by atoms with Crippen LogP contribution in [0.1, 0.15) is 20.7 Å². The Morgan fingerprint density at radius 1 is 1.16 bits per heavy atom. The molecule has 0 saturated heterocycles. The van der Waals surface area contributed by atoms with Crippen LogP contribution in [0, 0.1) is 0 Å². The average molecular weight is 284 g/mol. The van der Waals surface area contributed by atoms with E-state index in [0.29, 0.717) is 5.06 Å². The van der Waals surface area contributed by atoms with Crippen LogP contribution in [0.4, 0.5) is 0 Å². The summed E-state index contributed by atoms with van der Waals surface area (Å²) in [6.45, 7) is -0.134. The normalized spacial score (nSPS) is 14.9. The molecule has 8 heteroatoms. The molecule has 1 N–H and O–H groups in total. The molecule has 0 atom stereocenters. The maximum Gasteiger partial charge on any atom is 0.285 e. The van der Waals surface area contributed by atoms with Crippen molar-refractivity contribution in [1.82, 2.24) is 9.79 Å². The van der Waals surface area contributed by atoms with Crippen molar-refractivity contribution >= 4 is 21.8 Å². The van der Waals surface area contributed by atoms with Crippen molar-refractivity contribution in [2.24, 2.45) is 0 Å². The molecule has 1 heterocycles. The highest BCUT2D eigenvalue weighted by atomic mass is 32.2. The summed E-state index contributed by atoms with van der Waals surface area (Å²) in [6, 6.07) is 6.37. The topological polar surface area (TPSA) is 92.8 Å². The summed E-state index contributed by atoms with van der Waals surface area (Å²) in [5.41, 5.74) is 0.562. The number of hydrogen-bond donors (Lipinski definition) is 1. The van der Waals surface area contributed by atoms with Gasteiger partial charge in [0.05, 0.1) is 24.0 Å². The first-order valence-electron chi connectivity index (χ1n) is 5.45. The molecule has 7 nitrogen and oxygen atoms in total. The predicted octanol–water partition coefficient (Wildman–Crippen LogP) is -0.237. The van der Waals surface area contributed by atoms with E-state index in [4.69, 9.17) is 4.84 Å². The van der Waals surface area contributed by atoms with Crippen molar-refractivity contribution in [3.63, 3.8) is 0 Å². The van der Waals surface area contributed by atoms with Crippen LogP contribution < -0.4 is 4.72 Å². The molecule has 2 amide bonds. The number of rotatable bonds is 5. The van der Waals surface area contributed by atoms with Gasteiger partial charge in [-0.3, -0.25) is 14.4 Å². The molecular formula is C11H12N2O5S. The van der Waals surface area contributed by atoms with Crippen molar-refractivity contribution in [3.05, 3.63) is 35.4 Å². The molecule has 1 aliphatic heterocycles. The molecule has 1 aliphatic rings. The van der Waals surface area contributed by atoms with Gasteiger partial charge in [-0.2, -0.15) is 0 Å². The molecule has 102 valence electrons. The standard InChI is InChI=1S/C11H12N2O5S/c1-19(16,17)12-6-7-18-13-10(14)8-4-2-3-5-9(8)11(13)15/h2-5,12H,6-7H2,1H3. The number of nitrogens with zero attached hydrogens (tertiary/aromatic N) is 1. The number of carbonyl (C=O) groups excluding carboxylic acids is 2. The molecule has 0 aliphatic carbocycles. The largest absolute Gasteiger partial charge is 0.285 e. The minimum absolute atomic E-state index is 0.0216. The van der Waals surface area contributed by atoms with Gasteiger partial charge in [0.2, 0.25) is 10.0 Å². The number of benzene rings is 1. The molecule has 0 unspecified atom stereocenters. The number of sulfonamides is 1. The molecule has 19 heavy (non-hydrogen) atoms. The average Bonchev–Trinajstić information content (AvgIpc) is 2.58. The van der Waals surface area contributed by atoms with E-state index in [2.05, 4.69) is 4.72 Å². The number of hydrogen-bond acceptors (Lipinski definition) is 5. The maximum absolute atomic E-state index is 11.8. The third kappa shape index (κ3) is 2.98. The Labute approximate surface area is 110 Å². The highest BCUT2D eigenvalue weighted by molar-refractivity contribution is 7.88. The summed E-state index contributed by atoms with van der Waals surface area (Å²) in [7, 11) is -3.32. The molecule has 0 bridgehead atoms. The summed E-state index contributed by atoms with van der Waals surface area (Å²) in [5, 5.41) is 0.647. The van der Waals surface area contributed by atoms with Gasteiger partial charge >= 0.3 is 0 Å². The van der Waals surface area contributed by atoms with Crippen LogP contribution in [0.5, 0.6) is 0 Å². The molecule has 0 radical (unpaired) electrons. The fourth-order valence-corrected chi connectivity index (χ4v) is 2.10. The number of amides is 2. The van der Waals surface area contributed by atoms with Crippen LogP contribution in [-0.2, 0) is 14.9 Å². The van der Waals surface area contributed by atoms with Gasteiger partial charge in [0.25, 0.3) is 11.8 Å². The Bertz CT molecular complexity index is 591. The summed E-state index contributed by atoms with van der Waals surface area (Å²) < 4.78 is 23.8. The smallest absolute Gasteiger partial charge is 0.266 e. The van der Waals surface area contributed by atoms with E-state index in [9.17, 15) is 18.0 Å². The monoisotopic (exact) mass is 284 g/mol. The zero-order valence-electron chi connectivity index (χ0n) is 10.1. The van der Waals surface area contributed by atoms with Crippen LogP contribution in [0.3, 0.4) is 0 Å². The number of hydroxylamine groups is 2. The third-order valence-electron chi connectivity index (χ3n) is 2.44. The van der Waals surface area contributed by atoms with Gasteiger partial charge in [-0.15, -0.1) is 5.06 Å². The molecule has 1 aromatic carbocycles. The maximum atomic E-state index is 11.8. The fraction of sp³-hybridized carbons (Fsp3) is 0.273. The van der Waals surface area contributed by atoms with Gasteiger partial charge in [-0.25, -0.2) is 13.1 Å². The van der Waals surface area contributed by atoms with Crippen molar-refractivity contribution in [2.75, 3.05) is 19.4 Å². The van der Waals surface area contributed by atoms with Crippen LogP contribution in [0.25, 0.3) is 0 Å². The van der Waals surface area contributed by atoms with Gasteiger partial charge in [0.1, 0.15) is 0 Å². The van der Waals surface area contributed by atoms with E-state index in [1.807, 2.05) is 0 Å². The first kappa shape index (κ1) is 13.7. The SMILES string of the molecule is CS(=O)(=O)NCCON1C(=O)c2ccccc2C1=O. The Balaban J connectivity index is 1.97. The van der Waals surface area contributed by atoms with Crippen molar-refractivity contribution < 1.29 is 22.8 Å². The minimum atomic E-state index is -3.32. The van der Waals surface area contributed by atoms with Crippen LogP contribution in [-0.4, -0.2) is 44.7 Å². The molecule has 0 aromatic heterocycles. The molecule has 0 spiro atoms. The molecule has 1 aromatic rings. The van der Waals surface area contributed by atoms with E-state index in [-0.39, 0.29) is 24.3 Å². The Kier molecular flexibility index (Phi) is 3.65. The second-order valence-corrected chi connectivity index (χ2v) is 5.78. The molecule has 2 rings (SSSR count). The highest BCUT2D eigenvalue weighted by Gasteiger charge is 2.36. The van der Waals surface area contributed by atoms with Gasteiger partial charge in [0.15, 0.2) is 0 Å². The number of carbonyl (C=O) groups is 2. The first-order chi connectivity index (χ1) is 8.90. The Morgan fingerprint density at radius 2 is 1.68 bits per heavy atom. The summed E-state index contributed by atoms with van der Waals surface area (Å²) in [4.78, 5) is 28.7. The van der Waals surface area contributed by atoms with E-state index in [1.54, 1.807) is 12.1 Å². The lowest BCUT2D eigenvalue weighted by molar-refractivity contribution is -0.0888. The zero-order chi connectivity index (χ0) is 14.0. The van der Waals surface area contributed by atoms with Crippen molar-refractivity contribution in [1.29, 1.82) is 0 Å². The van der Waals surface area contributed by atoms with Gasteiger partial charge in [0, 0.05) is 6.54 Å². The van der Waals surface area contributed by atoms with Crippen molar-refractivity contribution in [2.45, 2.75) is 0 Å². The number of fused-ring (bicyclic) bond motifs is 1.